The van der Waals surface area contributed by atoms with Crippen LogP contribution in [0.1, 0.15) is 12.6 Å². The Morgan fingerprint density at radius 3 is 2.58 bits per heavy atom. The van der Waals surface area contributed by atoms with Gasteiger partial charge < -0.3 is 9.30 Å². The van der Waals surface area contributed by atoms with Gasteiger partial charge in [-0.3, -0.25) is 0 Å². The molecule has 0 saturated heterocycles. The molecule has 7 heteroatoms. The minimum absolute atomic E-state index is 0.0680. The molecule has 0 aliphatic rings. The van der Waals surface area contributed by atoms with Crippen molar-refractivity contribution in [3.8, 4) is 5.75 Å². The third-order valence-corrected chi connectivity index (χ3v) is 3.61. The molecule has 2 aromatic rings. The van der Waals surface area contributed by atoms with Crippen LogP contribution in [0.15, 0.2) is 41.7 Å². The number of rotatable bonds is 5. The fraction of sp³-hybridized carbons (Fsp3) is 0.250. The Labute approximate surface area is 111 Å². The number of hydrogen-bond donors (Lipinski definition) is 1. The number of ether oxygens (including phenoxy) is 1. The van der Waals surface area contributed by atoms with Crippen molar-refractivity contribution in [1.29, 1.82) is 0 Å². The van der Waals surface area contributed by atoms with Gasteiger partial charge in [-0.1, -0.05) is 0 Å². The first-order chi connectivity index (χ1) is 9.00. The molecule has 1 aromatic carbocycles. The van der Waals surface area contributed by atoms with Crippen LogP contribution in [0.25, 0.3) is 0 Å². The maximum atomic E-state index is 11.1. The van der Waals surface area contributed by atoms with E-state index in [9.17, 15) is 8.42 Å². The molecule has 102 valence electrons. The summed E-state index contributed by atoms with van der Waals surface area (Å²) in [5.41, 5.74) is 0.957. The topological polar surface area (TPSA) is 87.2 Å². The van der Waals surface area contributed by atoms with E-state index in [4.69, 9.17) is 9.88 Å². The van der Waals surface area contributed by atoms with Crippen molar-refractivity contribution < 1.29 is 13.2 Å². The van der Waals surface area contributed by atoms with E-state index in [1.54, 1.807) is 24.7 Å². The van der Waals surface area contributed by atoms with E-state index in [2.05, 4.69) is 4.98 Å². The Morgan fingerprint density at radius 2 is 2.00 bits per heavy atom. The summed E-state index contributed by atoms with van der Waals surface area (Å²) in [7, 11) is -3.66. The van der Waals surface area contributed by atoms with Crippen LogP contribution < -0.4 is 9.88 Å². The summed E-state index contributed by atoms with van der Waals surface area (Å²) in [5, 5.41) is 5.02. The molecule has 0 aliphatic heterocycles. The van der Waals surface area contributed by atoms with Crippen molar-refractivity contribution >= 4 is 10.0 Å². The molecule has 0 fully saturated rings. The van der Waals surface area contributed by atoms with Crippen molar-refractivity contribution in [2.24, 2.45) is 5.14 Å². The maximum Gasteiger partial charge on any atom is 0.238 e. The number of primary sulfonamides is 1. The average molecular weight is 281 g/mol. The molecule has 0 unspecified atom stereocenters. The Balaban J connectivity index is 2.05. The second-order valence-corrected chi connectivity index (χ2v) is 5.54. The summed E-state index contributed by atoms with van der Waals surface area (Å²) >= 11 is 0. The van der Waals surface area contributed by atoms with Gasteiger partial charge in [0.15, 0.2) is 0 Å². The van der Waals surface area contributed by atoms with Crippen LogP contribution in [0.2, 0.25) is 0 Å². The predicted molar refractivity (Wildman–Crippen MR) is 70.0 cm³/mol. The minimum atomic E-state index is -3.66. The average Bonchev–Trinajstić information content (AvgIpc) is 2.83. The van der Waals surface area contributed by atoms with E-state index >= 15 is 0 Å². The van der Waals surface area contributed by atoms with Gasteiger partial charge in [-0.15, -0.1) is 0 Å². The van der Waals surface area contributed by atoms with Crippen LogP contribution in [0, 0.1) is 0 Å². The smallest absolute Gasteiger partial charge is 0.238 e. The van der Waals surface area contributed by atoms with Crippen LogP contribution in [0.4, 0.5) is 0 Å². The van der Waals surface area contributed by atoms with Crippen molar-refractivity contribution in [1.82, 2.24) is 9.55 Å². The number of nitrogens with two attached hydrogens (primary N) is 1. The van der Waals surface area contributed by atoms with Crippen LogP contribution in [-0.2, 0) is 23.2 Å². The third kappa shape index (κ3) is 3.33. The zero-order valence-corrected chi connectivity index (χ0v) is 11.3. The van der Waals surface area contributed by atoms with Crippen molar-refractivity contribution in [3.63, 3.8) is 0 Å². The van der Waals surface area contributed by atoms with E-state index < -0.39 is 10.0 Å². The molecule has 0 aliphatic carbocycles. The van der Waals surface area contributed by atoms with Gasteiger partial charge in [0.1, 0.15) is 12.4 Å². The van der Waals surface area contributed by atoms with E-state index in [0.29, 0.717) is 12.4 Å². The molecule has 0 atom stereocenters. The van der Waals surface area contributed by atoms with E-state index in [1.807, 2.05) is 11.5 Å². The molecule has 1 heterocycles. The molecule has 0 saturated carbocycles. The lowest BCUT2D eigenvalue weighted by atomic mass is 10.3. The quantitative estimate of drug-likeness (QED) is 0.890. The van der Waals surface area contributed by atoms with Crippen LogP contribution >= 0.6 is 0 Å². The molecule has 2 N–H and O–H groups in total. The second-order valence-electron chi connectivity index (χ2n) is 3.98. The normalized spacial score (nSPS) is 11.5. The molecule has 2 rings (SSSR count). The van der Waals surface area contributed by atoms with Crippen molar-refractivity contribution in [2.75, 3.05) is 0 Å². The zero-order chi connectivity index (χ0) is 13.9. The zero-order valence-electron chi connectivity index (χ0n) is 10.5. The highest BCUT2D eigenvalue weighted by Crippen LogP contribution is 2.16. The Kier molecular flexibility index (Phi) is 3.87. The maximum absolute atomic E-state index is 11.1. The second kappa shape index (κ2) is 5.41. The molecule has 0 bridgehead atoms. The van der Waals surface area contributed by atoms with Gasteiger partial charge in [-0.2, -0.15) is 0 Å². The summed E-state index contributed by atoms with van der Waals surface area (Å²) in [6, 6.07) is 5.99. The first-order valence-corrected chi connectivity index (χ1v) is 7.30. The molecular weight excluding hydrogens is 266 g/mol. The summed E-state index contributed by atoms with van der Waals surface area (Å²) in [4.78, 5) is 4.11. The van der Waals surface area contributed by atoms with Gasteiger partial charge in [-0.05, 0) is 31.2 Å². The molecule has 6 nitrogen and oxygen atoms in total. The number of aromatic nitrogens is 2. The Hall–Kier alpha value is -1.86. The number of imidazole rings is 1. The van der Waals surface area contributed by atoms with E-state index in [1.165, 1.54) is 12.1 Å². The highest BCUT2D eigenvalue weighted by Gasteiger charge is 2.07. The molecular formula is C12H15N3O3S. The largest absolute Gasteiger partial charge is 0.487 e. The predicted octanol–water partition coefficient (Wildman–Crippen LogP) is 1.13. The summed E-state index contributed by atoms with van der Waals surface area (Å²) < 4.78 is 29.7. The first-order valence-electron chi connectivity index (χ1n) is 5.75. The molecule has 1 aromatic heterocycles. The fourth-order valence-corrected chi connectivity index (χ4v) is 2.15. The molecule has 19 heavy (non-hydrogen) atoms. The monoisotopic (exact) mass is 281 g/mol. The number of aryl methyl sites for hydroxylation is 1. The lowest BCUT2D eigenvalue weighted by molar-refractivity contribution is 0.295. The van der Waals surface area contributed by atoms with Gasteiger partial charge in [0.05, 0.1) is 23.1 Å². The lowest BCUT2D eigenvalue weighted by Gasteiger charge is -2.08. The number of sulfonamides is 1. The SMILES string of the molecule is CCn1cncc1COc1ccc(S(N)(=O)=O)cc1. The minimum Gasteiger partial charge on any atom is -0.487 e. The Bertz CT molecular complexity index is 647. The van der Waals surface area contributed by atoms with Crippen molar-refractivity contribution in [2.45, 2.75) is 25.0 Å². The molecule has 0 spiro atoms. The third-order valence-electron chi connectivity index (χ3n) is 2.68. The van der Waals surface area contributed by atoms with Crippen molar-refractivity contribution in [3.05, 3.63) is 42.5 Å². The highest BCUT2D eigenvalue weighted by atomic mass is 32.2. The van der Waals surface area contributed by atoms with Gasteiger partial charge in [0.25, 0.3) is 0 Å². The number of nitrogens with zero attached hydrogens (tertiary/aromatic N) is 2. The van der Waals surface area contributed by atoms with Crippen LogP contribution in [-0.4, -0.2) is 18.0 Å². The lowest BCUT2D eigenvalue weighted by Crippen LogP contribution is -2.11. The summed E-state index contributed by atoms with van der Waals surface area (Å²) in [6.45, 7) is 3.22. The van der Waals surface area contributed by atoms with Crippen LogP contribution in [0.3, 0.4) is 0 Å². The van der Waals surface area contributed by atoms with Gasteiger partial charge in [-0.25, -0.2) is 18.5 Å². The summed E-state index contributed by atoms with van der Waals surface area (Å²) in [5.74, 6) is 0.580. The first kappa shape index (κ1) is 13.6. The van der Waals surface area contributed by atoms with Crippen LogP contribution in [0.5, 0.6) is 5.75 Å². The highest BCUT2D eigenvalue weighted by molar-refractivity contribution is 7.89. The van der Waals surface area contributed by atoms with Gasteiger partial charge in [0.2, 0.25) is 10.0 Å². The standard InChI is InChI=1S/C12H15N3O3S/c1-2-15-9-14-7-10(15)8-18-11-3-5-12(6-4-11)19(13,16)17/h3-7,9H,2,8H2,1H3,(H2,13,16,17). The molecule has 0 radical (unpaired) electrons. The fourth-order valence-electron chi connectivity index (χ4n) is 1.64. The number of hydrogen-bond acceptors (Lipinski definition) is 4. The van der Waals surface area contributed by atoms with E-state index in [-0.39, 0.29) is 4.90 Å². The summed E-state index contributed by atoms with van der Waals surface area (Å²) in [6.07, 6.45) is 3.48. The van der Waals surface area contributed by atoms with E-state index in [0.717, 1.165) is 12.2 Å². The van der Waals surface area contributed by atoms with Gasteiger partial charge >= 0.3 is 0 Å². The number of benzene rings is 1. The molecule has 0 amide bonds. The Morgan fingerprint density at radius 1 is 1.32 bits per heavy atom. The van der Waals surface area contributed by atoms with Gasteiger partial charge in [0, 0.05) is 6.54 Å².